The molecular weight excluding hydrogens is 652 g/mol. The Hall–Kier alpha value is -4.86. The standard InChI is InChI=1S/C36H52N10O5/c1-24(47)42-29(12-6-18-37)35(51)44-34(50)28(13-8-20-41-36(38)39)40-19-7-9-25-16-21-45(22-17-25)23-32(48)46-30-14-4-2-10-26(30)33(49)43-27-11-3-5-15-31(27)46/h2-5,10-11,14-15,25,28-29,40H,6-9,12-13,16-23,37H2,1H3,(H,42,47)(H,43,49)(H4,38,39,41)(H,44,50,51)/t28-,29-/m0/s1. The van der Waals surface area contributed by atoms with Crippen LogP contribution in [0.15, 0.2) is 53.5 Å². The molecule has 0 aromatic heterocycles. The minimum atomic E-state index is -0.851. The summed E-state index contributed by atoms with van der Waals surface area (Å²) in [5.74, 6) is -1.31. The molecule has 2 aliphatic heterocycles. The molecule has 2 atom stereocenters. The highest BCUT2D eigenvalue weighted by Gasteiger charge is 2.31. The molecule has 5 amide bonds. The van der Waals surface area contributed by atoms with Crippen molar-refractivity contribution >= 4 is 52.6 Å². The number of carbonyl (C=O) groups is 5. The number of nitrogens with zero attached hydrogens (tertiary/aromatic N) is 3. The molecule has 1 saturated heterocycles. The first-order chi connectivity index (χ1) is 24.6. The summed E-state index contributed by atoms with van der Waals surface area (Å²) in [5.41, 5.74) is 18.7. The van der Waals surface area contributed by atoms with E-state index in [0.717, 1.165) is 38.8 Å². The van der Waals surface area contributed by atoms with Gasteiger partial charge < -0.3 is 33.2 Å². The van der Waals surface area contributed by atoms with Crippen molar-refractivity contribution in [2.24, 2.45) is 28.1 Å². The Morgan fingerprint density at radius 1 is 0.922 bits per heavy atom. The molecule has 0 bridgehead atoms. The number of imide groups is 1. The van der Waals surface area contributed by atoms with Crippen molar-refractivity contribution in [2.75, 3.05) is 49.5 Å². The van der Waals surface area contributed by atoms with Crippen LogP contribution in [0.5, 0.6) is 0 Å². The molecular formula is C36H52N10O5. The van der Waals surface area contributed by atoms with Crippen LogP contribution in [0.1, 0.15) is 68.6 Å². The molecule has 2 heterocycles. The maximum atomic E-state index is 13.8. The van der Waals surface area contributed by atoms with Gasteiger partial charge in [-0.15, -0.1) is 0 Å². The average Bonchev–Trinajstić information content (AvgIpc) is 3.23. The molecule has 2 aliphatic rings. The SMILES string of the molecule is CC(=O)N[C@@H](CCCN)C(=O)NC(=O)[C@H](CCCN=C(N)N)NCCCC1CCN(CC(=O)N2c3ccccc3NC(=O)c3ccccc32)CC1. The minimum Gasteiger partial charge on any atom is -0.370 e. The first-order valence-corrected chi connectivity index (χ1v) is 17.7. The van der Waals surface area contributed by atoms with Crippen molar-refractivity contribution in [3.05, 3.63) is 54.1 Å². The minimum absolute atomic E-state index is 0.0287. The predicted molar refractivity (Wildman–Crippen MR) is 197 cm³/mol. The number of rotatable bonds is 17. The Morgan fingerprint density at radius 3 is 2.29 bits per heavy atom. The average molecular weight is 705 g/mol. The molecule has 0 radical (unpaired) electrons. The van der Waals surface area contributed by atoms with Crippen LogP contribution in [0, 0.1) is 5.92 Å². The van der Waals surface area contributed by atoms with Crippen molar-refractivity contribution in [1.82, 2.24) is 20.9 Å². The van der Waals surface area contributed by atoms with Gasteiger partial charge in [0.2, 0.25) is 23.6 Å². The molecule has 2 aromatic rings. The number of hydrogen-bond donors (Lipinski definition) is 7. The van der Waals surface area contributed by atoms with Crippen molar-refractivity contribution < 1.29 is 24.0 Å². The third-order valence-corrected chi connectivity index (χ3v) is 9.18. The van der Waals surface area contributed by atoms with Crippen LogP contribution in [-0.2, 0) is 19.2 Å². The number of para-hydroxylation sites is 3. The zero-order valence-corrected chi connectivity index (χ0v) is 29.4. The van der Waals surface area contributed by atoms with Gasteiger partial charge in [-0.25, -0.2) is 0 Å². The molecule has 276 valence electrons. The fourth-order valence-electron chi connectivity index (χ4n) is 6.55. The van der Waals surface area contributed by atoms with Crippen LogP contribution in [-0.4, -0.2) is 91.7 Å². The van der Waals surface area contributed by atoms with E-state index in [1.54, 1.807) is 29.2 Å². The zero-order valence-electron chi connectivity index (χ0n) is 29.4. The van der Waals surface area contributed by atoms with Gasteiger partial charge in [-0.05, 0) is 108 Å². The van der Waals surface area contributed by atoms with Crippen LogP contribution in [0.3, 0.4) is 0 Å². The zero-order chi connectivity index (χ0) is 36.8. The van der Waals surface area contributed by atoms with Crippen LogP contribution < -0.4 is 43.4 Å². The molecule has 15 nitrogen and oxygen atoms in total. The number of nitrogens with one attached hydrogen (secondary N) is 4. The lowest BCUT2D eigenvalue weighted by Gasteiger charge is -2.33. The summed E-state index contributed by atoms with van der Waals surface area (Å²) in [5, 5.41) is 11.3. The molecule has 2 aromatic carbocycles. The van der Waals surface area contributed by atoms with E-state index in [2.05, 4.69) is 31.2 Å². The summed E-state index contributed by atoms with van der Waals surface area (Å²) >= 11 is 0. The summed E-state index contributed by atoms with van der Waals surface area (Å²) in [4.78, 5) is 72.2. The molecule has 0 aliphatic carbocycles. The maximum absolute atomic E-state index is 13.8. The second kappa shape index (κ2) is 19.5. The lowest BCUT2D eigenvalue weighted by molar-refractivity contribution is -0.135. The number of amides is 5. The van der Waals surface area contributed by atoms with Crippen LogP contribution in [0.25, 0.3) is 0 Å². The van der Waals surface area contributed by atoms with Gasteiger partial charge in [-0.2, -0.15) is 0 Å². The molecule has 1 fully saturated rings. The number of benzene rings is 2. The number of aliphatic imine (C=N–C) groups is 1. The lowest BCUT2D eigenvalue weighted by atomic mass is 9.92. The number of fused-ring (bicyclic) bond motifs is 2. The first-order valence-electron chi connectivity index (χ1n) is 17.7. The number of piperidine rings is 1. The highest BCUT2D eigenvalue weighted by molar-refractivity contribution is 6.18. The Labute approximate surface area is 299 Å². The van der Waals surface area contributed by atoms with E-state index in [1.807, 2.05) is 24.3 Å². The highest BCUT2D eigenvalue weighted by Crippen LogP contribution is 2.38. The summed E-state index contributed by atoms with van der Waals surface area (Å²) in [6.07, 6.45) is 5.41. The molecule has 4 rings (SSSR count). The maximum Gasteiger partial charge on any atom is 0.257 e. The fraction of sp³-hybridized carbons (Fsp3) is 0.500. The number of nitrogens with two attached hydrogens (primary N) is 3. The highest BCUT2D eigenvalue weighted by atomic mass is 16.2. The summed E-state index contributed by atoms with van der Waals surface area (Å²) in [6.45, 7) is 4.36. The summed E-state index contributed by atoms with van der Waals surface area (Å²) in [7, 11) is 0. The smallest absolute Gasteiger partial charge is 0.257 e. The second-order valence-electron chi connectivity index (χ2n) is 13.1. The largest absolute Gasteiger partial charge is 0.370 e. The normalized spacial score (nSPS) is 15.7. The Kier molecular flexibility index (Phi) is 14.9. The second-order valence-corrected chi connectivity index (χ2v) is 13.1. The topological polar surface area (TPSA) is 230 Å². The van der Waals surface area contributed by atoms with E-state index in [0.29, 0.717) is 73.9 Å². The number of hydrogen-bond acceptors (Lipinski definition) is 9. The predicted octanol–water partition coefficient (Wildman–Crippen LogP) is 1.31. The monoisotopic (exact) mass is 704 g/mol. The number of anilines is 3. The van der Waals surface area contributed by atoms with Gasteiger partial charge in [0.15, 0.2) is 5.96 Å². The van der Waals surface area contributed by atoms with Gasteiger partial charge in [0.25, 0.3) is 5.91 Å². The van der Waals surface area contributed by atoms with Crippen molar-refractivity contribution in [2.45, 2.75) is 70.4 Å². The molecule has 0 saturated carbocycles. The van der Waals surface area contributed by atoms with Gasteiger partial charge in [-0.1, -0.05) is 24.3 Å². The van der Waals surface area contributed by atoms with Crippen LogP contribution in [0.2, 0.25) is 0 Å². The molecule has 0 spiro atoms. The van der Waals surface area contributed by atoms with E-state index >= 15 is 0 Å². The van der Waals surface area contributed by atoms with E-state index in [1.165, 1.54) is 6.92 Å². The van der Waals surface area contributed by atoms with Gasteiger partial charge >= 0.3 is 0 Å². The molecule has 15 heteroatoms. The Morgan fingerprint density at radius 2 is 1.59 bits per heavy atom. The van der Waals surface area contributed by atoms with E-state index < -0.39 is 23.9 Å². The number of carbonyl (C=O) groups excluding carboxylic acids is 5. The third-order valence-electron chi connectivity index (χ3n) is 9.18. The molecule has 0 unspecified atom stereocenters. The van der Waals surface area contributed by atoms with E-state index in [-0.39, 0.29) is 30.2 Å². The molecule has 51 heavy (non-hydrogen) atoms. The van der Waals surface area contributed by atoms with Gasteiger partial charge in [-0.3, -0.25) is 44.1 Å². The van der Waals surface area contributed by atoms with Crippen molar-refractivity contribution in [3.63, 3.8) is 0 Å². The van der Waals surface area contributed by atoms with Crippen molar-refractivity contribution in [1.29, 1.82) is 0 Å². The van der Waals surface area contributed by atoms with Gasteiger partial charge in [0.1, 0.15) is 6.04 Å². The van der Waals surface area contributed by atoms with Crippen LogP contribution >= 0.6 is 0 Å². The first kappa shape index (κ1) is 38.9. The molecule has 10 N–H and O–H groups in total. The lowest BCUT2D eigenvalue weighted by Crippen LogP contribution is -2.53. The summed E-state index contributed by atoms with van der Waals surface area (Å²) < 4.78 is 0. The quantitative estimate of drug-likeness (QED) is 0.0709. The summed E-state index contributed by atoms with van der Waals surface area (Å²) in [6, 6.07) is 13.0. The van der Waals surface area contributed by atoms with E-state index in [9.17, 15) is 24.0 Å². The number of guanidine groups is 1. The Bertz CT molecular complexity index is 1550. The fourth-order valence-corrected chi connectivity index (χ4v) is 6.55. The van der Waals surface area contributed by atoms with E-state index in [4.69, 9.17) is 17.2 Å². The van der Waals surface area contributed by atoms with Crippen molar-refractivity contribution in [3.8, 4) is 0 Å². The van der Waals surface area contributed by atoms with Crippen LogP contribution in [0.4, 0.5) is 17.1 Å². The van der Waals surface area contributed by atoms with Gasteiger partial charge in [0.05, 0.1) is 35.2 Å². The Balaban J connectivity index is 1.27. The van der Waals surface area contributed by atoms with Gasteiger partial charge in [0, 0.05) is 13.5 Å². The number of likely N-dealkylation sites (tertiary alicyclic amines) is 1. The third kappa shape index (κ3) is 11.6.